The number of nitrogens with one attached hydrogen (secondary N) is 2. The summed E-state index contributed by atoms with van der Waals surface area (Å²) in [5, 5.41) is 17.5. The van der Waals surface area contributed by atoms with Crippen LogP contribution in [-0.4, -0.2) is 29.6 Å². The van der Waals surface area contributed by atoms with Crippen molar-refractivity contribution in [3.05, 3.63) is 23.8 Å². The van der Waals surface area contributed by atoms with E-state index in [2.05, 4.69) is 22.8 Å². The summed E-state index contributed by atoms with van der Waals surface area (Å²) in [6.45, 7) is 4.73. The van der Waals surface area contributed by atoms with Gasteiger partial charge in [-0.25, -0.2) is 0 Å². The smallest absolute Gasteiger partial charge is 0.186 e. The molecule has 0 saturated carbocycles. The first-order valence-electron chi connectivity index (χ1n) is 6.54. The van der Waals surface area contributed by atoms with E-state index in [1.165, 1.54) is 0 Å². The quantitative estimate of drug-likeness (QED) is 0.325. The van der Waals surface area contributed by atoms with Gasteiger partial charge in [-0.2, -0.15) is 5.10 Å². The molecule has 0 amide bonds. The maximum absolute atomic E-state index is 9.83. The Bertz CT molecular complexity index is 489. The van der Waals surface area contributed by atoms with Gasteiger partial charge >= 0.3 is 0 Å². The van der Waals surface area contributed by atoms with Crippen LogP contribution in [0.5, 0.6) is 11.5 Å². The molecule has 0 saturated heterocycles. The highest BCUT2D eigenvalue weighted by Gasteiger charge is 2.06. The van der Waals surface area contributed by atoms with Gasteiger partial charge in [0.05, 0.1) is 12.8 Å². The van der Waals surface area contributed by atoms with E-state index < -0.39 is 0 Å². The van der Waals surface area contributed by atoms with E-state index in [-0.39, 0.29) is 5.75 Å². The van der Waals surface area contributed by atoms with Crippen LogP contribution in [0.3, 0.4) is 0 Å². The predicted octanol–water partition coefficient (Wildman–Crippen LogP) is 2.39. The molecule has 0 bridgehead atoms. The van der Waals surface area contributed by atoms with Crippen LogP contribution in [0.2, 0.25) is 0 Å². The molecule has 0 aliphatic carbocycles. The highest BCUT2D eigenvalue weighted by atomic mass is 32.1. The predicted molar refractivity (Wildman–Crippen MR) is 85.5 cm³/mol. The Morgan fingerprint density at radius 3 is 2.85 bits per heavy atom. The first kappa shape index (κ1) is 16.2. The van der Waals surface area contributed by atoms with Crippen molar-refractivity contribution in [3.63, 3.8) is 0 Å². The zero-order chi connectivity index (χ0) is 15.0. The highest BCUT2D eigenvalue weighted by Crippen LogP contribution is 2.23. The van der Waals surface area contributed by atoms with Crippen LogP contribution in [0.15, 0.2) is 23.3 Å². The summed E-state index contributed by atoms with van der Waals surface area (Å²) in [5.41, 5.74) is 3.99. The molecule has 0 aromatic heterocycles. The molecular weight excluding hydrogens is 274 g/mol. The van der Waals surface area contributed by atoms with Crippen molar-refractivity contribution in [2.24, 2.45) is 5.10 Å². The molecule has 0 heterocycles. The zero-order valence-electron chi connectivity index (χ0n) is 12.1. The van der Waals surface area contributed by atoms with Gasteiger partial charge in [-0.15, -0.1) is 0 Å². The Hall–Kier alpha value is -1.82. The van der Waals surface area contributed by atoms with E-state index in [1.807, 2.05) is 0 Å². The van der Waals surface area contributed by atoms with Gasteiger partial charge in [0.25, 0.3) is 0 Å². The van der Waals surface area contributed by atoms with Gasteiger partial charge in [-0.05, 0) is 43.8 Å². The average molecular weight is 295 g/mol. The SMILES string of the molecule is CCCCNC(=S)N/N=C(\C)c1cc(OC)ccc1O. The lowest BCUT2D eigenvalue weighted by Crippen LogP contribution is -2.33. The van der Waals surface area contributed by atoms with Gasteiger partial charge in [0.1, 0.15) is 11.5 Å². The molecule has 1 aromatic rings. The van der Waals surface area contributed by atoms with Gasteiger partial charge in [0.2, 0.25) is 0 Å². The number of nitrogens with zero attached hydrogens (tertiary/aromatic N) is 1. The fraction of sp³-hybridized carbons (Fsp3) is 0.429. The number of aromatic hydroxyl groups is 1. The lowest BCUT2D eigenvalue weighted by Gasteiger charge is -2.09. The largest absolute Gasteiger partial charge is 0.507 e. The molecule has 0 atom stereocenters. The van der Waals surface area contributed by atoms with Gasteiger partial charge in [0, 0.05) is 12.1 Å². The molecule has 0 aliphatic heterocycles. The van der Waals surface area contributed by atoms with E-state index in [0.717, 1.165) is 19.4 Å². The van der Waals surface area contributed by atoms with E-state index >= 15 is 0 Å². The molecule has 3 N–H and O–H groups in total. The van der Waals surface area contributed by atoms with Crippen molar-refractivity contribution < 1.29 is 9.84 Å². The number of phenolic OH excluding ortho intramolecular Hbond substituents is 1. The van der Waals surface area contributed by atoms with Gasteiger partial charge < -0.3 is 15.2 Å². The molecule has 0 unspecified atom stereocenters. The van der Waals surface area contributed by atoms with Crippen LogP contribution in [-0.2, 0) is 0 Å². The van der Waals surface area contributed by atoms with E-state index in [4.69, 9.17) is 17.0 Å². The molecule has 6 heteroatoms. The maximum atomic E-state index is 9.83. The molecule has 0 radical (unpaired) electrons. The fourth-order valence-corrected chi connectivity index (χ4v) is 1.69. The van der Waals surface area contributed by atoms with E-state index in [0.29, 0.717) is 22.1 Å². The number of hydrogen-bond acceptors (Lipinski definition) is 4. The summed E-state index contributed by atoms with van der Waals surface area (Å²) < 4.78 is 5.13. The third-order valence-electron chi connectivity index (χ3n) is 2.73. The number of benzene rings is 1. The Morgan fingerprint density at radius 2 is 2.20 bits per heavy atom. The average Bonchev–Trinajstić information content (AvgIpc) is 2.45. The minimum atomic E-state index is 0.152. The maximum Gasteiger partial charge on any atom is 0.186 e. The first-order chi connectivity index (χ1) is 9.58. The number of rotatable bonds is 6. The molecule has 20 heavy (non-hydrogen) atoms. The summed E-state index contributed by atoms with van der Waals surface area (Å²) in [7, 11) is 1.58. The Balaban J connectivity index is 2.66. The summed E-state index contributed by atoms with van der Waals surface area (Å²) in [6, 6.07) is 4.99. The second-order valence-electron chi connectivity index (χ2n) is 4.30. The third-order valence-corrected chi connectivity index (χ3v) is 2.97. The number of phenols is 1. The lowest BCUT2D eigenvalue weighted by atomic mass is 10.1. The summed E-state index contributed by atoms with van der Waals surface area (Å²) in [6.07, 6.45) is 2.16. The van der Waals surface area contributed by atoms with Gasteiger partial charge in [-0.3, -0.25) is 5.43 Å². The van der Waals surface area contributed by atoms with Crippen LogP contribution >= 0.6 is 12.2 Å². The fourth-order valence-electron chi connectivity index (χ4n) is 1.54. The Kier molecular flexibility index (Phi) is 6.79. The molecule has 110 valence electrons. The summed E-state index contributed by atoms with van der Waals surface area (Å²) >= 11 is 5.10. The van der Waals surface area contributed by atoms with Crippen molar-refractivity contribution >= 4 is 23.0 Å². The number of methoxy groups -OCH3 is 1. The number of thiocarbonyl (C=S) groups is 1. The molecular formula is C14H21N3O2S. The number of hydrazone groups is 1. The molecule has 1 aromatic carbocycles. The number of hydrogen-bond donors (Lipinski definition) is 3. The van der Waals surface area contributed by atoms with Gasteiger partial charge in [0.15, 0.2) is 5.11 Å². The second-order valence-corrected chi connectivity index (χ2v) is 4.71. The first-order valence-corrected chi connectivity index (χ1v) is 6.94. The number of ether oxygens (including phenoxy) is 1. The minimum Gasteiger partial charge on any atom is -0.507 e. The van der Waals surface area contributed by atoms with Crippen molar-refractivity contribution in [1.82, 2.24) is 10.7 Å². The second kappa shape index (κ2) is 8.37. The normalized spacial score (nSPS) is 11.1. The van der Waals surface area contributed by atoms with Crippen LogP contribution in [0.25, 0.3) is 0 Å². The third kappa shape index (κ3) is 5.05. The van der Waals surface area contributed by atoms with Crippen molar-refractivity contribution in [2.45, 2.75) is 26.7 Å². The van der Waals surface area contributed by atoms with Crippen molar-refractivity contribution in [3.8, 4) is 11.5 Å². The van der Waals surface area contributed by atoms with E-state index in [1.54, 1.807) is 32.2 Å². The van der Waals surface area contributed by atoms with Crippen LogP contribution in [0, 0.1) is 0 Å². The number of unbranched alkanes of at least 4 members (excludes halogenated alkanes) is 1. The zero-order valence-corrected chi connectivity index (χ0v) is 12.9. The Morgan fingerprint density at radius 1 is 1.45 bits per heavy atom. The molecule has 0 fully saturated rings. The van der Waals surface area contributed by atoms with Crippen molar-refractivity contribution in [2.75, 3.05) is 13.7 Å². The standard InChI is InChI=1S/C14H21N3O2S/c1-4-5-8-15-14(20)17-16-10(2)12-9-11(19-3)6-7-13(12)18/h6-7,9,18H,4-5,8H2,1-3H3,(H2,15,17,20)/b16-10+. The molecule has 1 rings (SSSR count). The summed E-state index contributed by atoms with van der Waals surface area (Å²) in [5.74, 6) is 0.815. The Labute approximate surface area is 125 Å². The van der Waals surface area contributed by atoms with Crippen LogP contribution < -0.4 is 15.5 Å². The molecule has 0 aliphatic rings. The lowest BCUT2D eigenvalue weighted by molar-refractivity contribution is 0.412. The van der Waals surface area contributed by atoms with Crippen LogP contribution in [0.1, 0.15) is 32.3 Å². The molecule has 0 spiro atoms. The highest BCUT2D eigenvalue weighted by molar-refractivity contribution is 7.80. The van der Waals surface area contributed by atoms with Gasteiger partial charge in [-0.1, -0.05) is 13.3 Å². The van der Waals surface area contributed by atoms with E-state index in [9.17, 15) is 5.11 Å². The monoisotopic (exact) mass is 295 g/mol. The van der Waals surface area contributed by atoms with Crippen LogP contribution in [0.4, 0.5) is 0 Å². The molecule has 5 nitrogen and oxygen atoms in total. The van der Waals surface area contributed by atoms with Crippen molar-refractivity contribution in [1.29, 1.82) is 0 Å². The topological polar surface area (TPSA) is 65.9 Å². The summed E-state index contributed by atoms with van der Waals surface area (Å²) in [4.78, 5) is 0. The minimum absolute atomic E-state index is 0.152.